The van der Waals surface area contributed by atoms with Gasteiger partial charge in [0, 0.05) is 6.07 Å². The van der Waals surface area contributed by atoms with Crippen LogP contribution < -0.4 is 4.74 Å². The van der Waals surface area contributed by atoms with E-state index in [-0.39, 0.29) is 0 Å². The van der Waals surface area contributed by atoms with Gasteiger partial charge in [0.05, 0.1) is 6.20 Å². The van der Waals surface area contributed by atoms with Gasteiger partial charge in [0.15, 0.2) is 0 Å². The molecule has 0 amide bonds. The van der Waals surface area contributed by atoms with E-state index in [2.05, 4.69) is 22.3 Å². The highest BCUT2D eigenvalue weighted by atomic mass is 16.5. The van der Waals surface area contributed by atoms with E-state index in [1.54, 1.807) is 12.3 Å². The quantitative estimate of drug-likeness (QED) is 0.704. The molecule has 0 aliphatic heterocycles. The van der Waals surface area contributed by atoms with E-state index < -0.39 is 0 Å². The van der Waals surface area contributed by atoms with Crippen molar-refractivity contribution in [3.8, 4) is 11.6 Å². The molecule has 78 valence electrons. The summed E-state index contributed by atoms with van der Waals surface area (Å²) in [4.78, 5) is 0. The standard InChI is InChI=1S/C13H10N2O/c1-2-4-11-9-12(6-5-10(11)3-1)16-13-7-8-14-15-13/h1-9H,(H,14,15). The number of nitrogens with zero attached hydrogens (tertiary/aromatic N) is 1. The fraction of sp³-hybridized carbons (Fsp3) is 0. The molecule has 0 atom stereocenters. The molecule has 0 saturated carbocycles. The van der Waals surface area contributed by atoms with E-state index in [0.29, 0.717) is 5.88 Å². The number of benzene rings is 2. The number of aromatic amines is 1. The van der Waals surface area contributed by atoms with E-state index in [9.17, 15) is 0 Å². The van der Waals surface area contributed by atoms with Gasteiger partial charge in [-0.3, -0.25) is 0 Å². The topological polar surface area (TPSA) is 37.9 Å². The predicted molar refractivity (Wildman–Crippen MR) is 62.6 cm³/mol. The van der Waals surface area contributed by atoms with Crippen molar-refractivity contribution in [1.29, 1.82) is 0 Å². The van der Waals surface area contributed by atoms with E-state index >= 15 is 0 Å². The number of aromatic nitrogens is 2. The molecule has 1 heterocycles. The monoisotopic (exact) mass is 210 g/mol. The second kappa shape index (κ2) is 3.70. The van der Waals surface area contributed by atoms with Crippen molar-refractivity contribution in [2.24, 2.45) is 0 Å². The first-order chi connectivity index (χ1) is 7.92. The molecule has 2 aromatic carbocycles. The van der Waals surface area contributed by atoms with Crippen LogP contribution >= 0.6 is 0 Å². The van der Waals surface area contributed by atoms with Crippen LogP contribution in [0.4, 0.5) is 0 Å². The first kappa shape index (κ1) is 8.97. The molecule has 3 nitrogen and oxygen atoms in total. The molecular weight excluding hydrogens is 200 g/mol. The molecule has 0 aliphatic carbocycles. The summed E-state index contributed by atoms with van der Waals surface area (Å²) in [6, 6.07) is 16.0. The number of H-pyrrole nitrogens is 1. The molecule has 0 saturated heterocycles. The molecular formula is C13H10N2O. The van der Waals surface area contributed by atoms with Gasteiger partial charge in [-0.05, 0) is 22.9 Å². The van der Waals surface area contributed by atoms with Crippen LogP contribution in [0.3, 0.4) is 0 Å². The number of fused-ring (bicyclic) bond motifs is 1. The number of hydrogen-bond donors (Lipinski definition) is 1. The molecule has 1 N–H and O–H groups in total. The summed E-state index contributed by atoms with van der Waals surface area (Å²) in [7, 11) is 0. The average Bonchev–Trinajstić information content (AvgIpc) is 2.82. The van der Waals surface area contributed by atoms with E-state index in [0.717, 1.165) is 5.75 Å². The van der Waals surface area contributed by atoms with Crippen LogP contribution in [0.25, 0.3) is 10.8 Å². The Labute approximate surface area is 92.7 Å². The summed E-state index contributed by atoms with van der Waals surface area (Å²) >= 11 is 0. The summed E-state index contributed by atoms with van der Waals surface area (Å²) in [6.45, 7) is 0. The smallest absolute Gasteiger partial charge is 0.215 e. The van der Waals surface area contributed by atoms with Gasteiger partial charge in [0.2, 0.25) is 5.88 Å². The SMILES string of the molecule is c1ccc2cc(Oc3ccn[nH]3)ccc2c1. The lowest BCUT2D eigenvalue weighted by atomic mass is 10.1. The van der Waals surface area contributed by atoms with Crippen LogP contribution in [0, 0.1) is 0 Å². The van der Waals surface area contributed by atoms with Gasteiger partial charge in [0.1, 0.15) is 5.75 Å². The Morgan fingerprint density at radius 1 is 0.938 bits per heavy atom. The Bertz CT molecular complexity index is 602. The molecule has 16 heavy (non-hydrogen) atoms. The first-order valence-electron chi connectivity index (χ1n) is 5.08. The Balaban J connectivity index is 1.99. The third-order valence-electron chi connectivity index (χ3n) is 2.42. The highest BCUT2D eigenvalue weighted by Gasteiger charge is 1.99. The molecule has 0 bridgehead atoms. The normalized spacial score (nSPS) is 10.5. The molecule has 1 aromatic heterocycles. The maximum absolute atomic E-state index is 5.61. The predicted octanol–water partition coefficient (Wildman–Crippen LogP) is 3.36. The summed E-state index contributed by atoms with van der Waals surface area (Å²) in [5.41, 5.74) is 0. The lowest BCUT2D eigenvalue weighted by Crippen LogP contribution is -1.84. The van der Waals surface area contributed by atoms with Gasteiger partial charge in [0.25, 0.3) is 0 Å². The molecule has 0 radical (unpaired) electrons. The fourth-order valence-electron chi connectivity index (χ4n) is 1.66. The maximum atomic E-state index is 5.61. The Morgan fingerprint density at radius 3 is 2.62 bits per heavy atom. The van der Waals surface area contributed by atoms with E-state index in [1.807, 2.05) is 30.3 Å². The van der Waals surface area contributed by atoms with Gasteiger partial charge in [-0.25, -0.2) is 5.10 Å². The van der Waals surface area contributed by atoms with E-state index in [1.165, 1.54) is 10.8 Å². The lowest BCUT2D eigenvalue weighted by molar-refractivity contribution is 0.462. The van der Waals surface area contributed by atoms with E-state index in [4.69, 9.17) is 4.74 Å². The van der Waals surface area contributed by atoms with Crippen LogP contribution in [0.2, 0.25) is 0 Å². The molecule has 3 rings (SSSR count). The Morgan fingerprint density at radius 2 is 1.81 bits per heavy atom. The van der Waals surface area contributed by atoms with Crippen molar-refractivity contribution in [3.63, 3.8) is 0 Å². The van der Waals surface area contributed by atoms with Gasteiger partial charge < -0.3 is 4.74 Å². The third kappa shape index (κ3) is 1.63. The molecule has 3 aromatic rings. The van der Waals surface area contributed by atoms with Crippen molar-refractivity contribution >= 4 is 10.8 Å². The van der Waals surface area contributed by atoms with Crippen molar-refractivity contribution in [2.45, 2.75) is 0 Å². The van der Waals surface area contributed by atoms with Gasteiger partial charge in [-0.15, -0.1) is 0 Å². The van der Waals surface area contributed by atoms with Crippen LogP contribution in [0.1, 0.15) is 0 Å². The molecule has 0 fully saturated rings. The van der Waals surface area contributed by atoms with Crippen molar-refractivity contribution < 1.29 is 4.74 Å². The number of nitrogens with one attached hydrogen (secondary N) is 1. The highest BCUT2D eigenvalue weighted by Crippen LogP contribution is 2.23. The van der Waals surface area contributed by atoms with Crippen molar-refractivity contribution in [1.82, 2.24) is 10.2 Å². The molecule has 0 aliphatic rings. The third-order valence-corrected chi connectivity index (χ3v) is 2.42. The van der Waals surface area contributed by atoms with Crippen LogP contribution in [-0.4, -0.2) is 10.2 Å². The number of ether oxygens (including phenoxy) is 1. The summed E-state index contributed by atoms with van der Waals surface area (Å²) in [6.07, 6.45) is 1.66. The zero-order chi connectivity index (χ0) is 10.8. The zero-order valence-electron chi connectivity index (χ0n) is 8.55. The molecule has 3 heteroatoms. The van der Waals surface area contributed by atoms with Crippen LogP contribution in [0.5, 0.6) is 11.6 Å². The van der Waals surface area contributed by atoms with Gasteiger partial charge >= 0.3 is 0 Å². The maximum Gasteiger partial charge on any atom is 0.215 e. The summed E-state index contributed by atoms with van der Waals surface area (Å²) in [5, 5.41) is 8.97. The number of hydrogen-bond acceptors (Lipinski definition) is 2. The van der Waals surface area contributed by atoms with Gasteiger partial charge in [-0.1, -0.05) is 30.3 Å². The highest BCUT2D eigenvalue weighted by molar-refractivity contribution is 5.83. The first-order valence-corrected chi connectivity index (χ1v) is 5.08. The fourth-order valence-corrected chi connectivity index (χ4v) is 1.66. The Hall–Kier alpha value is -2.29. The average molecular weight is 210 g/mol. The second-order valence-corrected chi connectivity index (χ2v) is 3.53. The minimum Gasteiger partial charge on any atom is -0.440 e. The second-order valence-electron chi connectivity index (χ2n) is 3.53. The molecule has 0 unspecified atom stereocenters. The van der Waals surface area contributed by atoms with Crippen LogP contribution in [0.15, 0.2) is 54.7 Å². The lowest BCUT2D eigenvalue weighted by Gasteiger charge is -2.03. The minimum atomic E-state index is 0.648. The van der Waals surface area contributed by atoms with Crippen molar-refractivity contribution in [2.75, 3.05) is 0 Å². The minimum absolute atomic E-state index is 0.648. The Kier molecular flexibility index (Phi) is 2.07. The van der Waals surface area contributed by atoms with Crippen molar-refractivity contribution in [3.05, 3.63) is 54.7 Å². The molecule has 0 spiro atoms. The largest absolute Gasteiger partial charge is 0.440 e. The van der Waals surface area contributed by atoms with Gasteiger partial charge in [-0.2, -0.15) is 5.10 Å². The summed E-state index contributed by atoms with van der Waals surface area (Å²) < 4.78 is 5.61. The number of rotatable bonds is 2. The zero-order valence-corrected chi connectivity index (χ0v) is 8.55. The van der Waals surface area contributed by atoms with Crippen LogP contribution in [-0.2, 0) is 0 Å². The summed E-state index contributed by atoms with van der Waals surface area (Å²) in [5.74, 6) is 1.46.